The molecule has 3 heterocycles. The molecular weight excluding hydrogens is 398 g/mol. The van der Waals surface area contributed by atoms with E-state index in [-0.39, 0.29) is 11.8 Å². The lowest BCUT2D eigenvalue weighted by atomic mass is 9.94. The summed E-state index contributed by atoms with van der Waals surface area (Å²) < 4.78 is 0. The van der Waals surface area contributed by atoms with E-state index < -0.39 is 11.9 Å². The number of carbonyl (C=O) groups excluding carboxylic acids is 2. The van der Waals surface area contributed by atoms with Gasteiger partial charge in [-0.3, -0.25) is 9.59 Å². The number of anilines is 1. The van der Waals surface area contributed by atoms with Gasteiger partial charge in [0.2, 0.25) is 11.8 Å². The van der Waals surface area contributed by atoms with Gasteiger partial charge >= 0.3 is 0 Å². The maximum Gasteiger partial charge on any atom is 0.244 e. The lowest BCUT2D eigenvalue weighted by Gasteiger charge is -2.33. The van der Waals surface area contributed by atoms with Gasteiger partial charge in [0.05, 0.1) is 5.39 Å². The van der Waals surface area contributed by atoms with Crippen molar-refractivity contribution < 1.29 is 9.59 Å². The first-order valence-electron chi connectivity index (χ1n) is 10.1. The van der Waals surface area contributed by atoms with Gasteiger partial charge in [-0.25, -0.2) is 9.97 Å². The molecule has 156 valence electrons. The molecule has 1 aliphatic heterocycles. The van der Waals surface area contributed by atoms with E-state index in [0.717, 1.165) is 29.1 Å². The highest BCUT2D eigenvalue weighted by molar-refractivity contribution is 7.18. The topological polar surface area (TPSA) is 101 Å². The predicted octanol–water partition coefficient (Wildman–Crippen LogP) is 2.87. The Bertz CT molecular complexity index is 1070. The van der Waals surface area contributed by atoms with Crippen LogP contribution in [0.15, 0.2) is 36.7 Å². The molecule has 0 aliphatic carbocycles. The van der Waals surface area contributed by atoms with Crippen molar-refractivity contribution in [1.29, 1.82) is 0 Å². The van der Waals surface area contributed by atoms with Crippen LogP contribution in [0.1, 0.15) is 34.9 Å². The van der Waals surface area contributed by atoms with Gasteiger partial charge in [0.25, 0.3) is 0 Å². The van der Waals surface area contributed by atoms with Crippen LogP contribution in [0.3, 0.4) is 0 Å². The van der Waals surface area contributed by atoms with Crippen molar-refractivity contribution >= 4 is 39.2 Å². The Hall–Kier alpha value is -3.00. The smallest absolute Gasteiger partial charge is 0.244 e. The number of piperidine rings is 1. The van der Waals surface area contributed by atoms with E-state index in [4.69, 9.17) is 5.73 Å². The molecule has 1 unspecified atom stereocenters. The second-order valence-electron chi connectivity index (χ2n) is 7.68. The third-order valence-corrected chi connectivity index (χ3v) is 6.93. The molecule has 1 atom stereocenters. The number of primary amides is 1. The van der Waals surface area contributed by atoms with Crippen LogP contribution in [-0.4, -0.2) is 34.9 Å². The Morgan fingerprint density at radius 1 is 1.17 bits per heavy atom. The van der Waals surface area contributed by atoms with Crippen molar-refractivity contribution in [2.45, 2.75) is 32.7 Å². The highest BCUT2D eigenvalue weighted by Crippen LogP contribution is 2.35. The van der Waals surface area contributed by atoms with Crippen LogP contribution in [0.5, 0.6) is 0 Å². The summed E-state index contributed by atoms with van der Waals surface area (Å²) in [5.74, 6) is 0.103. The van der Waals surface area contributed by atoms with Crippen molar-refractivity contribution in [3.05, 3.63) is 52.7 Å². The maximum absolute atomic E-state index is 12.8. The Kier molecular flexibility index (Phi) is 5.67. The van der Waals surface area contributed by atoms with E-state index in [1.165, 1.54) is 10.4 Å². The van der Waals surface area contributed by atoms with E-state index in [0.29, 0.717) is 18.4 Å². The molecule has 2 amide bonds. The fraction of sp³-hybridized carbons (Fsp3) is 0.364. The zero-order valence-electron chi connectivity index (χ0n) is 17.1. The van der Waals surface area contributed by atoms with E-state index >= 15 is 0 Å². The molecule has 7 nitrogen and oxygen atoms in total. The van der Waals surface area contributed by atoms with Crippen molar-refractivity contribution in [1.82, 2.24) is 15.3 Å². The summed E-state index contributed by atoms with van der Waals surface area (Å²) in [6.45, 7) is 5.66. The molecule has 1 saturated heterocycles. The first-order chi connectivity index (χ1) is 14.5. The van der Waals surface area contributed by atoms with Crippen LogP contribution in [0.4, 0.5) is 5.82 Å². The second-order valence-corrected chi connectivity index (χ2v) is 8.88. The highest BCUT2D eigenvalue weighted by atomic mass is 32.1. The van der Waals surface area contributed by atoms with Gasteiger partial charge in [0, 0.05) is 23.9 Å². The number of nitrogens with one attached hydrogen (secondary N) is 1. The average Bonchev–Trinajstić information content (AvgIpc) is 3.06. The highest BCUT2D eigenvalue weighted by Gasteiger charge is 2.30. The van der Waals surface area contributed by atoms with Crippen LogP contribution in [0.2, 0.25) is 0 Å². The van der Waals surface area contributed by atoms with Gasteiger partial charge in [-0.15, -0.1) is 11.3 Å². The minimum absolute atomic E-state index is 0.127. The van der Waals surface area contributed by atoms with Crippen LogP contribution in [0, 0.1) is 19.8 Å². The number of carbonyl (C=O) groups is 2. The first-order valence-corrected chi connectivity index (χ1v) is 10.9. The number of aromatic nitrogens is 2. The van der Waals surface area contributed by atoms with Gasteiger partial charge in [-0.2, -0.15) is 0 Å². The molecule has 0 spiro atoms. The lowest BCUT2D eigenvalue weighted by Crippen LogP contribution is -2.44. The summed E-state index contributed by atoms with van der Waals surface area (Å²) in [5, 5.41) is 3.96. The third-order valence-electron chi connectivity index (χ3n) is 5.81. The Balaban J connectivity index is 1.45. The standard InChI is InChI=1S/C22H25N5O2S/c1-13-14(2)30-22-17(13)20(24-12-25-22)27-10-8-16(9-11-27)21(29)26-18(19(23)28)15-6-4-3-5-7-15/h3-7,12,16,18H,8-11H2,1-2H3,(H2,23,28)(H,26,29). The summed E-state index contributed by atoms with van der Waals surface area (Å²) in [7, 11) is 0. The number of hydrogen-bond donors (Lipinski definition) is 2. The van der Waals surface area contributed by atoms with Crippen LogP contribution in [0.25, 0.3) is 10.2 Å². The molecule has 30 heavy (non-hydrogen) atoms. The molecule has 1 aliphatic rings. The molecule has 4 rings (SSSR count). The lowest BCUT2D eigenvalue weighted by molar-refractivity contribution is -0.130. The zero-order valence-corrected chi connectivity index (χ0v) is 17.9. The quantitative estimate of drug-likeness (QED) is 0.657. The predicted molar refractivity (Wildman–Crippen MR) is 118 cm³/mol. The van der Waals surface area contributed by atoms with Crippen molar-refractivity contribution in [3.63, 3.8) is 0 Å². The summed E-state index contributed by atoms with van der Waals surface area (Å²) in [6, 6.07) is 8.29. The molecule has 3 N–H and O–H groups in total. The second kappa shape index (κ2) is 8.39. The van der Waals surface area contributed by atoms with Gasteiger partial charge in [0.1, 0.15) is 23.0 Å². The number of nitrogens with two attached hydrogens (primary N) is 1. The minimum atomic E-state index is -0.811. The zero-order chi connectivity index (χ0) is 21.3. The van der Waals surface area contributed by atoms with Crippen LogP contribution in [-0.2, 0) is 9.59 Å². The molecule has 0 radical (unpaired) electrons. The third kappa shape index (κ3) is 3.87. The maximum atomic E-state index is 12.8. The van der Waals surface area contributed by atoms with Crippen molar-refractivity contribution in [2.24, 2.45) is 11.7 Å². The fourth-order valence-corrected chi connectivity index (χ4v) is 4.97. The Morgan fingerprint density at radius 3 is 2.53 bits per heavy atom. The van der Waals surface area contributed by atoms with E-state index in [1.54, 1.807) is 29.8 Å². The SMILES string of the molecule is Cc1sc2ncnc(N3CCC(C(=O)NC(C(N)=O)c4ccccc4)CC3)c2c1C. The molecule has 1 aromatic carbocycles. The van der Waals surface area contributed by atoms with Crippen LogP contribution >= 0.6 is 11.3 Å². The molecule has 8 heteroatoms. The Morgan fingerprint density at radius 2 is 1.87 bits per heavy atom. The number of benzene rings is 1. The molecule has 2 aromatic heterocycles. The number of amides is 2. The summed E-state index contributed by atoms with van der Waals surface area (Å²) in [4.78, 5) is 38.2. The number of aryl methyl sites for hydroxylation is 2. The number of hydrogen-bond acceptors (Lipinski definition) is 6. The molecule has 0 bridgehead atoms. The molecular formula is C22H25N5O2S. The average molecular weight is 424 g/mol. The van der Waals surface area contributed by atoms with E-state index in [2.05, 4.69) is 34.0 Å². The first kappa shape index (κ1) is 20.3. The number of rotatable bonds is 5. The van der Waals surface area contributed by atoms with Gasteiger partial charge in [-0.1, -0.05) is 30.3 Å². The normalized spacial score (nSPS) is 15.9. The van der Waals surface area contributed by atoms with Gasteiger partial charge in [0.15, 0.2) is 0 Å². The van der Waals surface area contributed by atoms with Gasteiger partial charge in [-0.05, 0) is 37.8 Å². The van der Waals surface area contributed by atoms with Gasteiger partial charge < -0.3 is 16.0 Å². The number of thiophene rings is 1. The van der Waals surface area contributed by atoms with Crippen molar-refractivity contribution in [2.75, 3.05) is 18.0 Å². The van der Waals surface area contributed by atoms with Crippen molar-refractivity contribution in [3.8, 4) is 0 Å². The van der Waals surface area contributed by atoms with E-state index in [9.17, 15) is 9.59 Å². The Labute approximate surface area is 179 Å². The molecule has 0 saturated carbocycles. The number of fused-ring (bicyclic) bond motifs is 1. The summed E-state index contributed by atoms with van der Waals surface area (Å²) in [5.41, 5.74) is 7.46. The largest absolute Gasteiger partial charge is 0.368 e. The summed E-state index contributed by atoms with van der Waals surface area (Å²) >= 11 is 1.68. The van der Waals surface area contributed by atoms with E-state index in [1.807, 2.05) is 18.2 Å². The van der Waals surface area contributed by atoms with Crippen LogP contribution < -0.4 is 16.0 Å². The molecule has 1 fully saturated rings. The minimum Gasteiger partial charge on any atom is -0.368 e. The summed E-state index contributed by atoms with van der Waals surface area (Å²) in [6.07, 6.45) is 3.00. The monoisotopic (exact) mass is 423 g/mol. The number of nitrogens with zero attached hydrogens (tertiary/aromatic N) is 3. The fourth-order valence-electron chi connectivity index (χ4n) is 3.98. The molecule has 3 aromatic rings.